The molecule has 0 fully saturated rings. The Morgan fingerprint density at radius 3 is 2.70 bits per heavy atom. The van der Waals surface area contributed by atoms with Crippen LogP contribution in [0.1, 0.15) is 10.4 Å². The first kappa shape index (κ1) is 20.2. The maximum Gasteiger partial charge on any atom is 0.387 e. The quantitative estimate of drug-likeness (QED) is 0.544. The van der Waals surface area contributed by atoms with Crippen molar-refractivity contribution in [2.45, 2.75) is 11.5 Å². The molecular formula is C18H14F2N2O4S. The van der Waals surface area contributed by atoms with Gasteiger partial charge in [-0.1, -0.05) is 18.2 Å². The lowest BCUT2D eigenvalue weighted by atomic mass is 10.2. The highest BCUT2D eigenvalue weighted by Gasteiger charge is 2.13. The fourth-order valence-corrected chi connectivity index (χ4v) is 2.68. The van der Waals surface area contributed by atoms with Gasteiger partial charge in [-0.2, -0.15) is 14.0 Å². The molecule has 0 saturated carbocycles. The fourth-order valence-electron chi connectivity index (χ4n) is 2.01. The Morgan fingerprint density at radius 1 is 1.19 bits per heavy atom. The van der Waals surface area contributed by atoms with E-state index in [1.807, 2.05) is 6.07 Å². The Hall–Kier alpha value is -3.12. The van der Waals surface area contributed by atoms with Gasteiger partial charge < -0.3 is 14.8 Å². The largest absolute Gasteiger partial charge is 0.452 e. The van der Waals surface area contributed by atoms with Crippen molar-refractivity contribution in [1.82, 2.24) is 0 Å². The lowest BCUT2D eigenvalue weighted by Crippen LogP contribution is -2.21. The zero-order chi connectivity index (χ0) is 19.6. The number of thioether (sulfide) groups is 1. The van der Waals surface area contributed by atoms with Crippen LogP contribution in [-0.4, -0.2) is 30.8 Å². The van der Waals surface area contributed by atoms with Gasteiger partial charge in [0.1, 0.15) is 5.75 Å². The lowest BCUT2D eigenvalue weighted by molar-refractivity contribution is -0.119. The predicted molar refractivity (Wildman–Crippen MR) is 94.8 cm³/mol. The molecule has 2 aromatic carbocycles. The van der Waals surface area contributed by atoms with Gasteiger partial charge in [-0.3, -0.25) is 4.79 Å². The Kier molecular flexibility index (Phi) is 7.58. The zero-order valence-electron chi connectivity index (χ0n) is 13.9. The van der Waals surface area contributed by atoms with E-state index in [2.05, 4.69) is 10.1 Å². The summed E-state index contributed by atoms with van der Waals surface area (Å²) < 4.78 is 33.5. The first-order chi connectivity index (χ1) is 13.0. The van der Waals surface area contributed by atoms with Crippen molar-refractivity contribution >= 4 is 29.3 Å². The van der Waals surface area contributed by atoms with E-state index in [1.165, 1.54) is 30.0 Å². The second kappa shape index (κ2) is 10.1. The average molecular weight is 392 g/mol. The molecule has 0 atom stereocenters. The van der Waals surface area contributed by atoms with Crippen molar-refractivity contribution in [2.24, 2.45) is 0 Å². The van der Waals surface area contributed by atoms with Crippen LogP contribution in [0.5, 0.6) is 5.75 Å². The number of amides is 1. The van der Waals surface area contributed by atoms with Crippen LogP contribution < -0.4 is 10.1 Å². The number of hydrogen-bond donors (Lipinski definition) is 1. The number of carbonyl (C=O) groups is 2. The van der Waals surface area contributed by atoms with Gasteiger partial charge in [-0.25, -0.2) is 4.79 Å². The van der Waals surface area contributed by atoms with E-state index in [0.29, 0.717) is 10.6 Å². The number of rotatable bonds is 8. The molecule has 0 heterocycles. The summed E-state index contributed by atoms with van der Waals surface area (Å²) in [5, 5.41) is 11.2. The Bertz CT molecular complexity index is 855. The van der Waals surface area contributed by atoms with Crippen molar-refractivity contribution in [2.75, 3.05) is 17.7 Å². The number of ether oxygens (including phenoxy) is 2. The van der Waals surface area contributed by atoms with Gasteiger partial charge in [0.05, 0.1) is 23.1 Å². The Balaban J connectivity index is 1.92. The maximum absolute atomic E-state index is 12.2. The first-order valence-corrected chi connectivity index (χ1v) is 8.59. The Morgan fingerprint density at radius 2 is 1.96 bits per heavy atom. The molecular weight excluding hydrogens is 378 g/mol. The number of hydrogen-bond acceptors (Lipinski definition) is 6. The number of nitrogens with zero attached hydrogens (tertiary/aromatic N) is 1. The molecule has 0 unspecified atom stereocenters. The summed E-state index contributed by atoms with van der Waals surface area (Å²) in [5.74, 6) is -1.39. The van der Waals surface area contributed by atoms with Crippen molar-refractivity contribution in [3.8, 4) is 11.8 Å². The molecule has 0 bridgehead atoms. The standard InChI is InChI=1S/C18H14F2N2O4S/c19-18(20)26-13-5-3-4-12(10-13)17(24)25-11-16(23)22-14-6-1-2-7-15(14)27-9-8-21/h1-7,10,18H,9,11H2,(H,22,23). The normalized spacial score (nSPS) is 10.1. The van der Waals surface area contributed by atoms with E-state index in [4.69, 9.17) is 10.00 Å². The molecule has 0 aromatic heterocycles. The number of alkyl halides is 2. The average Bonchev–Trinajstić information content (AvgIpc) is 2.65. The van der Waals surface area contributed by atoms with E-state index in [9.17, 15) is 18.4 Å². The van der Waals surface area contributed by atoms with E-state index in [1.54, 1.807) is 24.3 Å². The summed E-state index contributed by atoms with van der Waals surface area (Å²) in [6.45, 7) is -3.57. The molecule has 1 N–H and O–H groups in total. The molecule has 0 aliphatic rings. The predicted octanol–water partition coefficient (Wildman–Crippen LogP) is 3.70. The van der Waals surface area contributed by atoms with Gasteiger partial charge in [0.15, 0.2) is 6.61 Å². The molecule has 0 aliphatic heterocycles. The number of nitrogens with one attached hydrogen (secondary N) is 1. The van der Waals surface area contributed by atoms with Gasteiger partial charge in [-0.05, 0) is 30.3 Å². The van der Waals surface area contributed by atoms with Crippen LogP contribution in [0.4, 0.5) is 14.5 Å². The number of halogens is 2. The van der Waals surface area contributed by atoms with Crippen LogP contribution in [0.3, 0.4) is 0 Å². The van der Waals surface area contributed by atoms with Gasteiger partial charge in [-0.15, -0.1) is 11.8 Å². The molecule has 140 valence electrons. The minimum atomic E-state index is -3.01. The second-order valence-electron chi connectivity index (χ2n) is 4.97. The summed E-state index contributed by atoms with van der Waals surface area (Å²) >= 11 is 1.26. The van der Waals surface area contributed by atoms with Gasteiger partial charge >= 0.3 is 12.6 Å². The van der Waals surface area contributed by atoms with Crippen LogP contribution in [0.15, 0.2) is 53.4 Å². The molecule has 1 amide bonds. The van der Waals surface area contributed by atoms with Crippen LogP contribution in [0.2, 0.25) is 0 Å². The molecule has 9 heteroatoms. The fraction of sp³-hybridized carbons (Fsp3) is 0.167. The highest BCUT2D eigenvalue weighted by molar-refractivity contribution is 7.99. The van der Waals surface area contributed by atoms with E-state index >= 15 is 0 Å². The summed E-state index contributed by atoms with van der Waals surface area (Å²) in [5.41, 5.74) is 0.469. The molecule has 2 rings (SSSR count). The van der Waals surface area contributed by atoms with Gasteiger partial charge in [0.25, 0.3) is 5.91 Å². The van der Waals surface area contributed by atoms with E-state index < -0.39 is 25.1 Å². The number of para-hydroxylation sites is 1. The van der Waals surface area contributed by atoms with Gasteiger partial charge in [0, 0.05) is 4.90 Å². The number of carbonyl (C=O) groups excluding carboxylic acids is 2. The summed E-state index contributed by atoms with van der Waals surface area (Å²) in [6.07, 6.45) is 0. The van der Waals surface area contributed by atoms with Crippen molar-refractivity contribution in [1.29, 1.82) is 5.26 Å². The molecule has 0 saturated heterocycles. The third-order valence-corrected chi connectivity index (χ3v) is 4.02. The lowest BCUT2D eigenvalue weighted by Gasteiger charge is -2.10. The van der Waals surface area contributed by atoms with Crippen molar-refractivity contribution < 1.29 is 27.8 Å². The number of esters is 1. The highest BCUT2D eigenvalue weighted by Crippen LogP contribution is 2.26. The molecule has 0 spiro atoms. The maximum atomic E-state index is 12.2. The second-order valence-corrected chi connectivity index (χ2v) is 5.99. The van der Waals surface area contributed by atoms with Crippen molar-refractivity contribution in [3.05, 3.63) is 54.1 Å². The number of anilines is 1. The molecule has 0 radical (unpaired) electrons. The van der Waals surface area contributed by atoms with Crippen LogP contribution in [0, 0.1) is 11.3 Å². The molecule has 0 aliphatic carbocycles. The van der Waals surface area contributed by atoms with Crippen LogP contribution >= 0.6 is 11.8 Å². The summed E-state index contributed by atoms with van der Waals surface area (Å²) in [7, 11) is 0. The monoisotopic (exact) mass is 392 g/mol. The smallest absolute Gasteiger partial charge is 0.387 e. The SMILES string of the molecule is N#CCSc1ccccc1NC(=O)COC(=O)c1cccc(OC(F)F)c1. The summed E-state index contributed by atoms with van der Waals surface area (Å²) in [4.78, 5) is 24.7. The first-order valence-electron chi connectivity index (χ1n) is 7.60. The third kappa shape index (κ3) is 6.60. The Labute approximate surface area is 158 Å². The minimum absolute atomic E-state index is 0.0223. The van der Waals surface area contributed by atoms with E-state index in [0.717, 1.165) is 6.07 Å². The highest BCUT2D eigenvalue weighted by atomic mass is 32.2. The summed E-state index contributed by atoms with van der Waals surface area (Å²) in [6, 6.07) is 14.0. The third-order valence-electron chi connectivity index (χ3n) is 3.08. The van der Waals surface area contributed by atoms with Gasteiger partial charge in [0.2, 0.25) is 0 Å². The molecule has 6 nitrogen and oxygen atoms in total. The van der Waals surface area contributed by atoms with E-state index in [-0.39, 0.29) is 17.1 Å². The van der Waals surface area contributed by atoms with Crippen molar-refractivity contribution in [3.63, 3.8) is 0 Å². The topological polar surface area (TPSA) is 88.4 Å². The number of nitriles is 1. The molecule has 27 heavy (non-hydrogen) atoms. The number of benzene rings is 2. The minimum Gasteiger partial charge on any atom is -0.452 e. The van der Waals surface area contributed by atoms with Crippen LogP contribution in [0.25, 0.3) is 0 Å². The molecule has 2 aromatic rings. The zero-order valence-corrected chi connectivity index (χ0v) is 14.7. The van der Waals surface area contributed by atoms with Crippen LogP contribution in [-0.2, 0) is 9.53 Å².